The number of carbonyl (C=O) groups excluding carboxylic acids is 2. The number of nitrogens with zero attached hydrogens (tertiary/aromatic N) is 2. The summed E-state index contributed by atoms with van der Waals surface area (Å²) in [4.78, 5) is 31.9. The predicted molar refractivity (Wildman–Crippen MR) is 96.8 cm³/mol. The van der Waals surface area contributed by atoms with E-state index in [0.29, 0.717) is 6.54 Å². The summed E-state index contributed by atoms with van der Waals surface area (Å²) >= 11 is 0. The van der Waals surface area contributed by atoms with Crippen LogP contribution in [0.25, 0.3) is 0 Å². The first-order valence-corrected chi connectivity index (χ1v) is 8.97. The molecule has 2 aliphatic heterocycles. The highest BCUT2D eigenvalue weighted by Gasteiger charge is 2.31. The molecule has 0 radical (unpaired) electrons. The molecule has 0 spiro atoms. The number of aromatic amines is 1. The molecule has 25 heavy (non-hydrogen) atoms. The number of rotatable bonds is 2. The number of anilines is 1. The largest absolute Gasteiger partial charge is 0.364 e. The highest BCUT2D eigenvalue weighted by atomic mass is 16.2. The minimum Gasteiger partial charge on any atom is -0.364 e. The van der Waals surface area contributed by atoms with Crippen LogP contribution in [0.3, 0.4) is 0 Å². The van der Waals surface area contributed by atoms with Gasteiger partial charge in [-0.25, -0.2) is 0 Å². The normalized spacial score (nSPS) is 19.8. The first kappa shape index (κ1) is 15.9. The number of fused-ring (bicyclic) bond motifs is 1. The van der Waals surface area contributed by atoms with Crippen molar-refractivity contribution in [3.8, 4) is 0 Å². The van der Waals surface area contributed by atoms with Gasteiger partial charge in [0.05, 0.1) is 5.56 Å². The maximum absolute atomic E-state index is 13.2. The topological polar surface area (TPSA) is 56.4 Å². The van der Waals surface area contributed by atoms with Crippen LogP contribution in [0.15, 0.2) is 36.5 Å². The van der Waals surface area contributed by atoms with Crippen LogP contribution >= 0.6 is 0 Å². The molecule has 2 amide bonds. The van der Waals surface area contributed by atoms with Crippen molar-refractivity contribution < 1.29 is 9.59 Å². The Hall–Kier alpha value is -2.56. The van der Waals surface area contributed by atoms with E-state index in [0.717, 1.165) is 49.3 Å². The quantitative estimate of drug-likeness (QED) is 0.916. The Bertz CT molecular complexity index is 811. The number of amides is 2. The van der Waals surface area contributed by atoms with Gasteiger partial charge in [-0.2, -0.15) is 0 Å². The van der Waals surface area contributed by atoms with E-state index < -0.39 is 0 Å². The Morgan fingerprint density at radius 2 is 2.00 bits per heavy atom. The van der Waals surface area contributed by atoms with Gasteiger partial charge in [-0.15, -0.1) is 0 Å². The zero-order valence-corrected chi connectivity index (χ0v) is 14.5. The van der Waals surface area contributed by atoms with Crippen molar-refractivity contribution in [2.45, 2.75) is 32.1 Å². The Kier molecular flexibility index (Phi) is 4.07. The fraction of sp³-hybridized carbons (Fsp3) is 0.400. The van der Waals surface area contributed by atoms with Crippen LogP contribution in [-0.4, -0.2) is 41.3 Å². The number of hydrogen-bond donors (Lipinski definition) is 1. The number of carbonyl (C=O) groups is 2. The molecule has 0 saturated carbocycles. The standard InChI is InChI=1S/C20H23N3O2/c1-14(24)22-11-4-6-16(13-22)19-17(8-10-21-19)20(25)23-12-9-15-5-2-3-7-18(15)23/h2-3,5,7-8,10,16,21H,4,6,9,11-13H2,1H3. The van der Waals surface area contributed by atoms with Gasteiger partial charge in [0.25, 0.3) is 5.91 Å². The van der Waals surface area contributed by atoms with Gasteiger partial charge in [0.1, 0.15) is 0 Å². The number of nitrogens with one attached hydrogen (secondary N) is 1. The number of aromatic nitrogens is 1. The molecule has 130 valence electrons. The van der Waals surface area contributed by atoms with Crippen LogP contribution in [0.4, 0.5) is 5.69 Å². The first-order chi connectivity index (χ1) is 12.1. The summed E-state index contributed by atoms with van der Waals surface area (Å²) in [7, 11) is 0. The van der Waals surface area contributed by atoms with E-state index in [1.165, 1.54) is 5.56 Å². The highest BCUT2D eigenvalue weighted by Crippen LogP contribution is 2.32. The van der Waals surface area contributed by atoms with Crippen LogP contribution in [0.2, 0.25) is 0 Å². The number of hydrogen-bond acceptors (Lipinski definition) is 2. The zero-order chi connectivity index (χ0) is 17.4. The van der Waals surface area contributed by atoms with Crippen molar-refractivity contribution in [3.05, 3.63) is 53.3 Å². The van der Waals surface area contributed by atoms with Gasteiger partial charge in [-0.05, 0) is 37.0 Å². The molecule has 4 rings (SSSR count). The number of H-pyrrole nitrogens is 1. The maximum atomic E-state index is 13.2. The van der Waals surface area contributed by atoms with E-state index in [1.54, 1.807) is 6.92 Å². The molecule has 3 heterocycles. The second-order valence-corrected chi connectivity index (χ2v) is 6.94. The zero-order valence-electron chi connectivity index (χ0n) is 14.5. The Balaban J connectivity index is 1.60. The molecule has 0 aliphatic carbocycles. The fourth-order valence-corrected chi connectivity index (χ4v) is 4.10. The molecule has 1 aromatic carbocycles. The van der Waals surface area contributed by atoms with Gasteiger partial charge in [0, 0.05) is 50.1 Å². The molecule has 1 fully saturated rings. The molecule has 1 aromatic heterocycles. The number of piperidine rings is 1. The Morgan fingerprint density at radius 1 is 1.16 bits per heavy atom. The van der Waals surface area contributed by atoms with Gasteiger partial charge < -0.3 is 14.8 Å². The minimum absolute atomic E-state index is 0.0566. The molecule has 5 nitrogen and oxygen atoms in total. The van der Waals surface area contributed by atoms with E-state index in [1.807, 2.05) is 40.3 Å². The third-order valence-electron chi connectivity index (χ3n) is 5.42. The van der Waals surface area contributed by atoms with Crippen molar-refractivity contribution in [2.24, 2.45) is 0 Å². The van der Waals surface area contributed by atoms with Gasteiger partial charge >= 0.3 is 0 Å². The third kappa shape index (κ3) is 2.84. The van der Waals surface area contributed by atoms with E-state index in [2.05, 4.69) is 11.1 Å². The maximum Gasteiger partial charge on any atom is 0.260 e. The number of benzene rings is 1. The van der Waals surface area contributed by atoms with Crippen LogP contribution in [-0.2, 0) is 11.2 Å². The average molecular weight is 337 g/mol. The molecule has 2 aliphatic rings. The Labute approximate surface area is 147 Å². The van der Waals surface area contributed by atoms with Crippen molar-refractivity contribution in [3.63, 3.8) is 0 Å². The van der Waals surface area contributed by atoms with E-state index in [-0.39, 0.29) is 17.7 Å². The minimum atomic E-state index is 0.0566. The Morgan fingerprint density at radius 3 is 2.84 bits per heavy atom. The van der Waals surface area contributed by atoms with Gasteiger partial charge in [-0.1, -0.05) is 18.2 Å². The van der Waals surface area contributed by atoms with Crippen LogP contribution in [0, 0.1) is 0 Å². The predicted octanol–water partition coefficient (Wildman–Crippen LogP) is 2.94. The molecule has 5 heteroatoms. The van der Waals surface area contributed by atoms with Gasteiger partial charge in [0.15, 0.2) is 0 Å². The van der Waals surface area contributed by atoms with E-state index >= 15 is 0 Å². The van der Waals surface area contributed by atoms with E-state index in [9.17, 15) is 9.59 Å². The third-order valence-corrected chi connectivity index (χ3v) is 5.42. The van der Waals surface area contributed by atoms with Gasteiger partial charge in [0.2, 0.25) is 5.91 Å². The lowest BCUT2D eigenvalue weighted by molar-refractivity contribution is -0.130. The van der Waals surface area contributed by atoms with Crippen molar-refractivity contribution in [1.29, 1.82) is 0 Å². The molecule has 1 atom stereocenters. The van der Waals surface area contributed by atoms with Crippen LogP contribution in [0.5, 0.6) is 0 Å². The molecule has 1 unspecified atom stereocenters. The smallest absolute Gasteiger partial charge is 0.260 e. The molecule has 1 saturated heterocycles. The average Bonchev–Trinajstić information content (AvgIpc) is 3.28. The van der Waals surface area contributed by atoms with Crippen LogP contribution in [0.1, 0.15) is 47.3 Å². The fourth-order valence-electron chi connectivity index (χ4n) is 4.10. The molecule has 2 aromatic rings. The number of para-hydroxylation sites is 1. The second-order valence-electron chi connectivity index (χ2n) is 6.94. The lowest BCUT2D eigenvalue weighted by atomic mass is 9.92. The first-order valence-electron chi connectivity index (χ1n) is 8.97. The second kappa shape index (κ2) is 6.39. The summed E-state index contributed by atoms with van der Waals surface area (Å²) in [5.74, 6) is 0.364. The molecule has 0 bridgehead atoms. The van der Waals surface area contributed by atoms with Crippen LogP contribution < -0.4 is 4.90 Å². The summed E-state index contributed by atoms with van der Waals surface area (Å²) in [6, 6.07) is 9.99. The summed E-state index contributed by atoms with van der Waals surface area (Å²) in [6.45, 7) is 3.85. The summed E-state index contributed by atoms with van der Waals surface area (Å²) in [5.41, 5.74) is 3.97. The summed E-state index contributed by atoms with van der Waals surface area (Å²) in [5, 5.41) is 0. The lowest BCUT2D eigenvalue weighted by Gasteiger charge is -2.32. The SMILES string of the molecule is CC(=O)N1CCCC(c2[nH]ccc2C(=O)N2CCc3ccccc32)C1. The van der Waals surface area contributed by atoms with Crippen molar-refractivity contribution in [1.82, 2.24) is 9.88 Å². The number of likely N-dealkylation sites (tertiary alicyclic amines) is 1. The van der Waals surface area contributed by atoms with Gasteiger partial charge in [-0.3, -0.25) is 9.59 Å². The highest BCUT2D eigenvalue weighted by molar-refractivity contribution is 6.08. The molecular formula is C20H23N3O2. The molecular weight excluding hydrogens is 314 g/mol. The van der Waals surface area contributed by atoms with Crippen molar-refractivity contribution in [2.75, 3.05) is 24.5 Å². The monoisotopic (exact) mass is 337 g/mol. The van der Waals surface area contributed by atoms with E-state index in [4.69, 9.17) is 0 Å². The summed E-state index contributed by atoms with van der Waals surface area (Å²) in [6.07, 6.45) is 4.73. The lowest BCUT2D eigenvalue weighted by Crippen LogP contribution is -2.38. The molecule has 1 N–H and O–H groups in total. The van der Waals surface area contributed by atoms with Crippen molar-refractivity contribution >= 4 is 17.5 Å². The summed E-state index contributed by atoms with van der Waals surface area (Å²) < 4.78 is 0.